The highest BCUT2D eigenvalue weighted by Gasteiger charge is 2.25. The van der Waals surface area contributed by atoms with Crippen molar-refractivity contribution in [1.29, 1.82) is 5.41 Å². The largest absolute Gasteiger partial charge is 0.497 e. The number of hydrogen-bond acceptors (Lipinski definition) is 5. The zero-order valence-electron chi connectivity index (χ0n) is 17.6. The van der Waals surface area contributed by atoms with Gasteiger partial charge in [0.15, 0.2) is 5.71 Å². The summed E-state index contributed by atoms with van der Waals surface area (Å²) in [4.78, 5) is 4.12. The number of nitrogens with one attached hydrogen (secondary N) is 1. The van der Waals surface area contributed by atoms with Gasteiger partial charge in [0.05, 0.1) is 19.9 Å². The molecular weight excluding hydrogens is 388 g/mol. The van der Waals surface area contributed by atoms with Crippen LogP contribution in [-0.2, 0) is 0 Å². The Morgan fingerprint density at radius 2 is 1.48 bits per heavy atom. The van der Waals surface area contributed by atoms with Crippen molar-refractivity contribution < 1.29 is 14.9 Å². The Morgan fingerprint density at radius 3 is 2.03 bits per heavy atom. The molecule has 0 saturated heterocycles. The topological polar surface area (TPSA) is 83.6 Å². The summed E-state index contributed by atoms with van der Waals surface area (Å²) in [5.74, 6) is 1.58. The van der Waals surface area contributed by atoms with Gasteiger partial charge in [0.1, 0.15) is 17.5 Å². The van der Waals surface area contributed by atoms with E-state index < -0.39 is 0 Å². The van der Waals surface area contributed by atoms with Gasteiger partial charge in [-0.2, -0.15) is 0 Å². The summed E-state index contributed by atoms with van der Waals surface area (Å²) in [6.45, 7) is 0. The molecule has 6 nitrogen and oxygen atoms in total. The third-order valence-electron chi connectivity index (χ3n) is 5.28. The Balaban J connectivity index is 1.71. The van der Waals surface area contributed by atoms with Gasteiger partial charge in [-0.25, -0.2) is 5.43 Å². The summed E-state index contributed by atoms with van der Waals surface area (Å²) in [5.41, 5.74) is 6.62. The molecule has 1 atom stereocenters. The van der Waals surface area contributed by atoms with Crippen molar-refractivity contribution in [1.82, 2.24) is 0 Å². The number of nitrogens with zero attached hydrogens (tertiary/aromatic N) is 2. The lowest BCUT2D eigenvalue weighted by atomic mass is 9.86. The van der Waals surface area contributed by atoms with E-state index in [9.17, 15) is 0 Å². The number of nitrogens with two attached hydrogens (primary N) is 1. The van der Waals surface area contributed by atoms with Crippen LogP contribution >= 0.6 is 0 Å². The molecule has 6 heteroatoms. The fraction of sp³-hybridized carbons (Fsp3) is 0.160. The molecule has 0 aromatic heterocycles. The Hall–Kier alpha value is -3.77. The highest BCUT2D eigenvalue weighted by molar-refractivity contribution is 6.68. The SMILES string of the molecule is COc1ccc(C2=CC=C(c3ccc(OC)cc3)C(=N[NH2+]C3C=CN=CC3)C2=N)cc1. The first-order chi connectivity index (χ1) is 15.2. The molecule has 0 saturated carbocycles. The van der Waals surface area contributed by atoms with E-state index in [1.54, 1.807) is 20.4 Å². The number of benzene rings is 2. The molecule has 0 amide bonds. The number of aliphatic imine (C=N–C) groups is 1. The van der Waals surface area contributed by atoms with E-state index in [4.69, 9.17) is 20.0 Å². The Labute approximate surface area is 181 Å². The van der Waals surface area contributed by atoms with Gasteiger partial charge in [-0.3, -0.25) is 10.4 Å². The Kier molecular flexibility index (Phi) is 6.19. The number of hydrogen-bond donors (Lipinski definition) is 2. The van der Waals surface area contributed by atoms with Crippen molar-refractivity contribution >= 4 is 28.8 Å². The monoisotopic (exact) mass is 413 g/mol. The number of methoxy groups -OCH3 is 2. The predicted molar refractivity (Wildman–Crippen MR) is 125 cm³/mol. The second-order valence-electron chi connectivity index (χ2n) is 7.19. The van der Waals surface area contributed by atoms with E-state index in [2.05, 4.69) is 4.99 Å². The molecule has 3 N–H and O–H groups in total. The minimum absolute atomic E-state index is 0.172. The molecule has 2 aromatic carbocycles. The average Bonchev–Trinajstić information content (AvgIpc) is 2.84. The van der Waals surface area contributed by atoms with Crippen molar-refractivity contribution in [2.75, 3.05) is 14.2 Å². The first kappa shape index (κ1) is 20.5. The normalized spacial score (nSPS) is 19.2. The van der Waals surface area contributed by atoms with E-state index in [1.165, 1.54) is 0 Å². The second-order valence-corrected chi connectivity index (χ2v) is 7.19. The molecule has 0 radical (unpaired) electrons. The quantitative estimate of drug-likeness (QED) is 0.432. The van der Waals surface area contributed by atoms with Crippen LogP contribution in [-0.4, -0.2) is 37.9 Å². The molecule has 1 aliphatic heterocycles. The van der Waals surface area contributed by atoms with Crippen molar-refractivity contribution in [2.24, 2.45) is 10.1 Å². The third kappa shape index (κ3) is 4.54. The van der Waals surface area contributed by atoms with Crippen LogP contribution in [0, 0.1) is 5.41 Å². The van der Waals surface area contributed by atoms with Gasteiger partial charge in [-0.1, -0.05) is 41.5 Å². The lowest BCUT2D eigenvalue weighted by Gasteiger charge is -2.19. The molecule has 156 valence electrons. The maximum absolute atomic E-state index is 8.95. The van der Waals surface area contributed by atoms with Crippen molar-refractivity contribution in [3.05, 3.63) is 84.1 Å². The van der Waals surface area contributed by atoms with Crippen LogP contribution in [0.5, 0.6) is 11.5 Å². The van der Waals surface area contributed by atoms with Crippen LogP contribution in [0.1, 0.15) is 17.5 Å². The summed E-state index contributed by atoms with van der Waals surface area (Å²) < 4.78 is 10.5. The standard InChI is InChI=1S/C25H24N4O2/c1-30-20-7-3-17(4-8-20)22-11-12-23(18-5-9-21(31-2)10-6-18)25(24(22)26)29-28-19-13-15-27-16-14-19/h3-13,15-16,19,26,28H,14H2,1-2H3/p+1. The first-order valence-corrected chi connectivity index (χ1v) is 10.1. The van der Waals surface area contributed by atoms with Crippen LogP contribution in [0.3, 0.4) is 0 Å². The van der Waals surface area contributed by atoms with E-state index in [0.717, 1.165) is 40.2 Å². The zero-order valence-corrected chi connectivity index (χ0v) is 17.6. The molecule has 2 aromatic rings. The summed E-state index contributed by atoms with van der Waals surface area (Å²) in [6.07, 6.45) is 10.5. The molecule has 0 spiro atoms. The molecule has 1 heterocycles. The molecule has 4 rings (SSSR count). The summed E-state index contributed by atoms with van der Waals surface area (Å²) in [5, 5.41) is 13.7. The fourth-order valence-electron chi connectivity index (χ4n) is 3.50. The van der Waals surface area contributed by atoms with Gasteiger partial charge in [0.25, 0.3) is 0 Å². The maximum atomic E-state index is 8.95. The molecule has 1 aliphatic carbocycles. The highest BCUT2D eigenvalue weighted by atomic mass is 16.5. The van der Waals surface area contributed by atoms with E-state index in [0.29, 0.717) is 11.4 Å². The van der Waals surface area contributed by atoms with E-state index in [1.807, 2.05) is 78.4 Å². The van der Waals surface area contributed by atoms with Crippen LogP contribution in [0.4, 0.5) is 0 Å². The molecule has 2 aliphatic rings. The van der Waals surface area contributed by atoms with Gasteiger partial charge in [-0.15, -0.1) is 0 Å². The van der Waals surface area contributed by atoms with Gasteiger partial charge in [-0.05, 0) is 41.5 Å². The number of rotatable bonds is 6. The lowest BCUT2D eigenvalue weighted by molar-refractivity contribution is -0.684. The molecule has 1 unspecified atom stereocenters. The second kappa shape index (κ2) is 9.36. The summed E-state index contributed by atoms with van der Waals surface area (Å²) >= 11 is 0. The zero-order chi connectivity index (χ0) is 21.6. The highest BCUT2D eigenvalue weighted by Crippen LogP contribution is 2.29. The van der Waals surface area contributed by atoms with Crippen molar-refractivity contribution in [3.63, 3.8) is 0 Å². The third-order valence-corrected chi connectivity index (χ3v) is 5.28. The summed E-state index contributed by atoms with van der Waals surface area (Å²) in [6, 6.07) is 15.7. The van der Waals surface area contributed by atoms with Gasteiger partial charge < -0.3 is 9.47 Å². The average molecular weight is 414 g/mol. The van der Waals surface area contributed by atoms with Crippen molar-refractivity contribution in [3.8, 4) is 11.5 Å². The number of ether oxygens (including phenoxy) is 2. The van der Waals surface area contributed by atoms with E-state index in [-0.39, 0.29) is 6.04 Å². The fourth-order valence-corrected chi connectivity index (χ4v) is 3.50. The van der Waals surface area contributed by atoms with Crippen molar-refractivity contribution in [2.45, 2.75) is 12.5 Å². The maximum Gasteiger partial charge on any atom is 0.152 e. The van der Waals surface area contributed by atoms with Crippen LogP contribution in [0.15, 0.2) is 83.1 Å². The first-order valence-electron chi connectivity index (χ1n) is 10.1. The molecule has 0 fully saturated rings. The minimum atomic E-state index is 0.172. The van der Waals surface area contributed by atoms with Crippen LogP contribution in [0.2, 0.25) is 0 Å². The Morgan fingerprint density at radius 1 is 0.903 bits per heavy atom. The summed E-state index contributed by atoms with van der Waals surface area (Å²) in [7, 11) is 3.29. The van der Waals surface area contributed by atoms with Gasteiger partial charge in [0, 0.05) is 30.0 Å². The van der Waals surface area contributed by atoms with Crippen LogP contribution in [0.25, 0.3) is 11.1 Å². The lowest BCUT2D eigenvalue weighted by Crippen LogP contribution is -2.85. The number of allylic oxidation sites excluding steroid dienone is 4. The van der Waals surface area contributed by atoms with Gasteiger partial charge in [0.2, 0.25) is 0 Å². The van der Waals surface area contributed by atoms with E-state index >= 15 is 0 Å². The molecule has 31 heavy (non-hydrogen) atoms. The predicted octanol–water partition coefficient (Wildman–Crippen LogP) is 3.48. The molecular formula is C25H25N4O2+. The van der Waals surface area contributed by atoms with Crippen LogP contribution < -0.4 is 14.9 Å². The smallest absolute Gasteiger partial charge is 0.152 e. The molecule has 0 bridgehead atoms. The minimum Gasteiger partial charge on any atom is -0.497 e. The Bertz CT molecular complexity index is 1110. The van der Waals surface area contributed by atoms with Gasteiger partial charge >= 0.3 is 0 Å². The number of quaternary nitrogens is 1.